The van der Waals surface area contributed by atoms with E-state index in [2.05, 4.69) is 30.5 Å². The molecule has 0 aromatic heterocycles. The molecule has 0 unspecified atom stereocenters. The van der Waals surface area contributed by atoms with E-state index in [4.69, 9.17) is 16.3 Å². The van der Waals surface area contributed by atoms with Crippen molar-refractivity contribution in [1.29, 1.82) is 0 Å². The average Bonchev–Trinajstić information content (AvgIpc) is 3.11. The number of hydrogen-bond acceptors (Lipinski definition) is 4. The third-order valence-corrected chi connectivity index (χ3v) is 5.79. The maximum atomic E-state index is 11.2. The summed E-state index contributed by atoms with van der Waals surface area (Å²) in [5, 5.41) is 15.3. The maximum Gasteiger partial charge on any atom is 0.269 e. The molecule has 0 spiro atoms. The molecule has 1 aliphatic heterocycles. The number of halogens is 1. The number of hydrogen-bond donors (Lipinski definition) is 1. The van der Waals surface area contributed by atoms with Crippen LogP contribution in [0.15, 0.2) is 42.5 Å². The van der Waals surface area contributed by atoms with Gasteiger partial charge in [0.25, 0.3) is 5.69 Å². The first-order chi connectivity index (χ1) is 12.5. The van der Waals surface area contributed by atoms with E-state index in [9.17, 15) is 10.1 Å². The number of benzene rings is 2. The van der Waals surface area contributed by atoms with Crippen molar-refractivity contribution in [3.8, 4) is 5.75 Å². The summed E-state index contributed by atoms with van der Waals surface area (Å²) in [6.45, 7) is 2.10. The lowest BCUT2D eigenvalue weighted by atomic mass is 9.75. The van der Waals surface area contributed by atoms with Crippen LogP contribution in [0.25, 0.3) is 0 Å². The summed E-state index contributed by atoms with van der Waals surface area (Å²) in [5.41, 5.74) is 4.21. The van der Waals surface area contributed by atoms with Crippen LogP contribution in [-0.4, -0.2) is 12.0 Å². The van der Waals surface area contributed by atoms with E-state index in [1.807, 2.05) is 6.07 Å². The highest BCUT2D eigenvalue weighted by Gasteiger charge is 2.40. The average molecular weight is 371 g/mol. The van der Waals surface area contributed by atoms with Gasteiger partial charge in [0.2, 0.25) is 0 Å². The molecule has 0 saturated carbocycles. The minimum Gasteiger partial charge on any atom is -0.495 e. The molecule has 2 aliphatic rings. The van der Waals surface area contributed by atoms with Crippen molar-refractivity contribution in [2.24, 2.45) is 5.92 Å². The van der Waals surface area contributed by atoms with Gasteiger partial charge in [0.05, 0.1) is 23.8 Å². The molecule has 134 valence electrons. The number of rotatable bonds is 3. The Hall–Kier alpha value is -2.53. The predicted octanol–water partition coefficient (Wildman–Crippen LogP) is 5.39. The number of nitrogens with one attached hydrogen (secondary N) is 1. The summed E-state index contributed by atoms with van der Waals surface area (Å²) in [5.74, 6) is 1.27. The summed E-state index contributed by atoms with van der Waals surface area (Å²) < 4.78 is 5.56. The Bertz CT molecular complexity index is 926. The van der Waals surface area contributed by atoms with Gasteiger partial charge in [-0.3, -0.25) is 10.1 Å². The Kier molecular flexibility index (Phi) is 4.11. The fourth-order valence-corrected chi connectivity index (χ4v) is 4.47. The predicted molar refractivity (Wildman–Crippen MR) is 102 cm³/mol. The van der Waals surface area contributed by atoms with E-state index in [0.717, 1.165) is 23.4 Å². The van der Waals surface area contributed by atoms with Crippen molar-refractivity contribution < 1.29 is 9.66 Å². The second-order valence-electron chi connectivity index (χ2n) is 6.81. The molecular formula is C20H19ClN2O3. The Morgan fingerprint density at radius 3 is 2.85 bits per heavy atom. The molecule has 0 radical (unpaired) electrons. The van der Waals surface area contributed by atoms with E-state index >= 15 is 0 Å². The monoisotopic (exact) mass is 370 g/mol. The van der Waals surface area contributed by atoms with Crippen LogP contribution in [0.4, 0.5) is 11.4 Å². The van der Waals surface area contributed by atoms with Crippen molar-refractivity contribution >= 4 is 23.0 Å². The third-order valence-electron chi connectivity index (χ3n) is 5.44. The number of nitro groups is 1. The van der Waals surface area contributed by atoms with Gasteiger partial charge in [-0.1, -0.05) is 29.8 Å². The van der Waals surface area contributed by atoms with Crippen LogP contribution in [0, 0.1) is 23.0 Å². The van der Waals surface area contributed by atoms with Crippen molar-refractivity contribution in [3.63, 3.8) is 0 Å². The lowest BCUT2D eigenvalue weighted by molar-refractivity contribution is -0.384. The first-order valence-corrected chi connectivity index (χ1v) is 8.93. The molecule has 0 bridgehead atoms. The molecule has 2 aromatic rings. The fourth-order valence-electron chi connectivity index (χ4n) is 4.23. The minimum absolute atomic E-state index is 0.0516. The van der Waals surface area contributed by atoms with Crippen molar-refractivity contribution in [2.75, 3.05) is 12.4 Å². The summed E-state index contributed by atoms with van der Waals surface area (Å²) in [4.78, 5) is 10.8. The van der Waals surface area contributed by atoms with Crippen LogP contribution in [0.1, 0.15) is 35.1 Å². The summed E-state index contributed by atoms with van der Waals surface area (Å²) in [6, 6.07) is 8.54. The lowest BCUT2D eigenvalue weighted by Crippen LogP contribution is -2.30. The van der Waals surface area contributed by atoms with E-state index < -0.39 is 0 Å². The van der Waals surface area contributed by atoms with E-state index in [0.29, 0.717) is 5.02 Å². The molecular weight excluding hydrogens is 352 g/mol. The van der Waals surface area contributed by atoms with Gasteiger partial charge in [-0.25, -0.2) is 0 Å². The lowest BCUT2D eigenvalue weighted by Gasteiger charge is -2.39. The molecule has 0 fully saturated rings. The Balaban J connectivity index is 1.87. The molecule has 0 saturated heterocycles. The molecule has 3 atom stereocenters. The molecule has 1 N–H and O–H groups in total. The van der Waals surface area contributed by atoms with Crippen molar-refractivity contribution in [3.05, 3.63) is 74.3 Å². The second kappa shape index (κ2) is 6.32. The Labute approximate surface area is 156 Å². The highest BCUT2D eigenvalue weighted by molar-refractivity contribution is 6.31. The highest BCUT2D eigenvalue weighted by atomic mass is 35.5. The molecule has 0 amide bonds. The molecule has 1 aliphatic carbocycles. The molecule has 4 rings (SSSR count). The minimum atomic E-state index is -0.383. The zero-order valence-electron chi connectivity index (χ0n) is 14.5. The number of fused-ring (bicyclic) bond motifs is 3. The number of nitro benzene ring substituents is 1. The molecule has 26 heavy (non-hydrogen) atoms. The molecule has 1 heterocycles. The normalized spacial score (nSPS) is 23.1. The van der Waals surface area contributed by atoms with Gasteiger partial charge in [-0.05, 0) is 42.5 Å². The zero-order valence-corrected chi connectivity index (χ0v) is 15.3. The van der Waals surface area contributed by atoms with Gasteiger partial charge in [0.1, 0.15) is 5.75 Å². The number of aryl methyl sites for hydroxylation is 1. The number of anilines is 1. The SMILES string of the molecule is COc1ccc(C)c2c1N[C@@H](c1cc([N+](=O)[O-])ccc1Cl)[C@H]1CC=C[C@H]21. The molecule has 6 heteroatoms. The first kappa shape index (κ1) is 16.9. The number of nitrogens with zero attached hydrogens (tertiary/aromatic N) is 1. The quantitative estimate of drug-likeness (QED) is 0.447. The molecule has 2 aromatic carbocycles. The van der Waals surface area contributed by atoms with Crippen LogP contribution >= 0.6 is 11.6 Å². The summed E-state index contributed by atoms with van der Waals surface area (Å²) in [7, 11) is 1.65. The Morgan fingerprint density at radius 2 is 2.12 bits per heavy atom. The molecule has 5 nitrogen and oxygen atoms in total. The van der Waals surface area contributed by atoms with Crippen molar-refractivity contribution in [2.45, 2.75) is 25.3 Å². The van der Waals surface area contributed by atoms with E-state index in [1.165, 1.54) is 17.2 Å². The zero-order chi connectivity index (χ0) is 18.4. The van der Waals surface area contributed by atoms with Gasteiger partial charge < -0.3 is 10.1 Å². The third kappa shape index (κ3) is 2.54. The summed E-state index contributed by atoms with van der Waals surface area (Å²) in [6.07, 6.45) is 5.32. The standard InChI is InChI=1S/C20H19ClN2O3/c1-11-6-9-17(26-2)20-18(11)13-4-3-5-14(13)19(22-20)15-10-12(23(24)25)7-8-16(15)21/h3-4,6-10,13-14,19,22H,5H2,1-2H3/t13-,14-,19+/m0/s1. The van der Waals surface area contributed by atoms with Crippen LogP contribution in [0.2, 0.25) is 5.02 Å². The number of methoxy groups -OCH3 is 1. The summed E-state index contributed by atoms with van der Waals surface area (Å²) >= 11 is 6.44. The van der Waals surface area contributed by atoms with Gasteiger partial charge in [-0.2, -0.15) is 0 Å². The van der Waals surface area contributed by atoms with Crippen LogP contribution in [0.5, 0.6) is 5.75 Å². The smallest absolute Gasteiger partial charge is 0.269 e. The second-order valence-corrected chi connectivity index (χ2v) is 7.22. The number of non-ortho nitro benzene ring substituents is 1. The van der Waals surface area contributed by atoms with Crippen molar-refractivity contribution in [1.82, 2.24) is 0 Å². The highest BCUT2D eigenvalue weighted by Crippen LogP contribution is 2.54. The van der Waals surface area contributed by atoms with Gasteiger partial charge in [-0.15, -0.1) is 0 Å². The first-order valence-electron chi connectivity index (χ1n) is 8.55. The number of allylic oxidation sites excluding steroid dienone is 2. The topological polar surface area (TPSA) is 64.4 Å². The van der Waals surface area contributed by atoms with Crippen LogP contribution in [0.3, 0.4) is 0 Å². The maximum absolute atomic E-state index is 11.2. The number of ether oxygens (including phenoxy) is 1. The van der Waals surface area contributed by atoms with Gasteiger partial charge in [0, 0.05) is 28.6 Å². The fraction of sp³-hybridized carbons (Fsp3) is 0.300. The van der Waals surface area contributed by atoms with Crippen LogP contribution in [-0.2, 0) is 0 Å². The van der Waals surface area contributed by atoms with Gasteiger partial charge in [0.15, 0.2) is 0 Å². The van der Waals surface area contributed by atoms with Crippen LogP contribution < -0.4 is 10.1 Å². The van der Waals surface area contributed by atoms with E-state index in [-0.39, 0.29) is 28.5 Å². The van der Waals surface area contributed by atoms with Gasteiger partial charge >= 0.3 is 0 Å². The Morgan fingerprint density at radius 1 is 1.31 bits per heavy atom. The largest absolute Gasteiger partial charge is 0.495 e. The van der Waals surface area contributed by atoms with E-state index in [1.54, 1.807) is 19.2 Å².